The molecule has 0 saturated heterocycles. The first kappa shape index (κ1) is 37.9. The maximum atomic E-state index is 12.7. The molecule has 1 unspecified atom stereocenters. The summed E-state index contributed by atoms with van der Waals surface area (Å²) in [5.74, 6) is -2.80. The molecular formula is C23H31N9NaO10P2+. The number of nitrogen functional groups attached to an aromatic ring is 2. The van der Waals surface area contributed by atoms with E-state index in [9.17, 15) is 28.6 Å². The second kappa shape index (κ2) is 15.8. The van der Waals surface area contributed by atoms with Gasteiger partial charge in [-0.25, -0.2) is 14.8 Å². The van der Waals surface area contributed by atoms with Crippen LogP contribution in [0.3, 0.4) is 0 Å². The fourth-order valence-electron chi connectivity index (χ4n) is 4.00. The van der Waals surface area contributed by atoms with E-state index in [2.05, 4.69) is 30.6 Å². The van der Waals surface area contributed by atoms with E-state index in [1.54, 1.807) is 19.2 Å². The molecule has 2 aromatic heterocycles. The van der Waals surface area contributed by atoms with E-state index >= 15 is 0 Å². The van der Waals surface area contributed by atoms with Crippen molar-refractivity contribution in [3.8, 4) is 0 Å². The van der Waals surface area contributed by atoms with Crippen molar-refractivity contribution < 1.29 is 77.8 Å². The third kappa shape index (κ3) is 11.0. The average Bonchev–Trinajstić information content (AvgIpc) is 2.92. The van der Waals surface area contributed by atoms with Gasteiger partial charge < -0.3 is 51.7 Å². The minimum Gasteiger partial charge on any atom is -0.480 e. The molecule has 238 valence electrons. The molecule has 0 spiro atoms. The number of rotatable bonds is 14. The number of carboxylic acid groups (broad SMARTS) is 1. The summed E-state index contributed by atoms with van der Waals surface area (Å²) in [7, 11) is -8.51. The molecular weight excluding hydrogens is 647 g/mol. The molecule has 1 atom stereocenters. The number of aromatic nitrogens is 4. The molecule has 0 aliphatic rings. The minimum atomic E-state index is -5.14. The second-order valence-electron chi connectivity index (χ2n) is 9.60. The Balaban J connectivity index is 0.00000705. The van der Waals surface area contributed by atoms with Gasteiger partial charge in [0.05, 0.1) is 18.4 Å². The van der Waals surface area contributed by atoms with Crippen molar-refractivity contribution in [3.63, 3.8) is 0 Å². The van der Waals surface area contributed by atoms with Crippen LogP contribution in [0, 0.1) is 0 Å². The zero-order chi connectivity index (χ0) is 32.8. The molecule has 0 aliphatic carbocycles. The van der Waals surface area contributed by atoms with Crippen molar-refractivity contribution in [3.05, 3.63) is 41.7 Å². The summed E-state index contributed by atoms with van der Waals surface area (Å²) in [6.07, 6.45) is 0.0725. The van der Waals surface area contributed by atoms with Crippen LogP contribution in [0.15, 0.2) is 30.5 Å². The van der Waals surface area contributed by atoms with Gasteiger partial charge in [0.2, 0.25) is 11.9 Å². The molecule has 2 amide bonds. The standard InChI is InChI=1S/C23H31N9O10P2.Na/c1-32(11-13-10-27-20-18(28-13)19(24)30-23(25)31-20)14-4-2-12(3-5-14)21(34)29-15(22(35)36)6-7-16(33)26-9-8-17(43(37,38)39)44(40,41)42;/h2-5,10,15,17H,6-9,11H2,1H3,(H,26,33)(H,29,34)(H,35,36)(H2,37,38,39)(H2,40,41,42)(H4,24,25,27,30,31);/q;+1. The maximum absolute atomic E-state index is 12.7. The van der Waals surface area contributed by atoms with E-state index in [0.29, 0.717) is 23.4 Å². The zero-order valence-corrected chi connectivity index (χ0v) is 27.9. The Bertz CT molecular complexity index is 1620. The van der Waals surface area contributed by atoms with Gasteiger partial charge in [0.15, 0.2) is 22.4 Å². The van der Waals surface area contributed by atoms with Crippen LogP contribution in [0.1, 0.15) is 35.3 Å². The summed E-state index contributed by atoms with van der Waals surface area (Å²) in [6, 6.07) is 4.77. The van der Waals surface area contributed by atoms with Crippen LogP contribution in [-0.4, -0.2) is 87.4 Å². The Kier molecular flexibility index (Phi) is 13.4. The van der Waals surface area contributed by atoms with Gasteiger partial charge in [0, 0.05) is 31.3 Å². The van der Waals surface area contributed by atoms with Crippen molar-refractivity contribution in [1.29, 1.82) is 0 Å². The number of anilines is 3. The SMILES string of the molecule is CN(Cc1cnc2nc(N)nc(N)c2n1)c1ccc(C(=O)NC(CCC(=O)NCCC(P(=O)(O)O)P(=O)(O)O)C(=O)O)cc1.[Na+]. The average molecular weight is 678 g/mol. The first-order valence-corrected chi connectivity index (χ1v) is 16.1. The Morgan fingerprint density at radius 1 is 0.978 bits per heavy atom. The summed E-state index contributed by atoms with van der Waals surface area (Å²) in [6.45, 7) is -0.170. The van der Waals surface area contributed by atoms with Gasteiger partial charge >= 0.3 is 50.7 Å². The van der Waals surface area contributed by atoms with Gasteiger partial charge in [-0.3, -0.25) is 18.7 Å². The number of fused-ring (bicyclic) bond motifs is 1. The van der Waals surface area contributed by atoms with Crippen LogP contribution < -0.4 is 56.6 Å². The van der Waals surface area contributed by atoms with Crippen LogP contribution >= 0.6 is 15.2 Å². The van der Waals surface area contributed by atoms with Crippen LogP contribution in [0.2, 0.25) is 0 Å². The summed E-state index contributed by atoms with van der Waals surface area (Å²) in [5, 5.41) is 11.8. The third-order valence-electron chi connectivity index (χ3n) is 6.24. The number of nitrogens with one attached hydrogen (secondary N) is 2. The largest absolute Gasteiger partial charge is 1.00 e. The molecule has 2 heterocycles. The number of benzene rings is 1. The Hall–Kier alpha value is -3.25. The fourth-order valence-corrected chi connectivity index (χ4v) is 6.49. The molecule has 0 radical (unpaired) electrons. The van der Waals surface area contributed by atoms with Gasteiger partial charge in [-0.05, 0) is 37.1 Å². The summed E-state index contributed by atoms with van der Waals surface area (Å²) >= 11 is 0. The van der Waals surface area contributed by atoms with E-state index in [0.717, 1.165) is 0 Å². The number of hydrogen-bond donors (Lipinski definition) is 9. The van der Waals surface area contributed by atoms with Crippen molar-refractivity contribution in [2.24, 2.45) is 0 Å². The molecule has 11 N–H and O–H groups in total. The van der Waals surface area contributed by atoms with Crippen molar-refractivity contribution >= 4 is 61.6 Å². The smallest absolute Gasteiger partial charge is 0.480 e. The summed E-state index contributed by atoms with van der Waals surface area (Å²) in [4.78, 5) is 91.3. The van der Waals surface area contributed by atoms with E-state index in [4.69, 9.17) is 31.0 Å². The van der Waals surface area contributed by atoms with Gasteiger partial charge in [-0.2, -0.15) is 9.97 Å². The second-order valence-corrected chi connectivity index (χ2v) is 13.6. The van der Waals surface area contributed by atoms with Gasteiger partial charge in [0.1, 0.15) is 6.04 Å². The Labute approximate surface area is 277 Å². The number of carbonyl (C=O) groups excluding carboxylic acids is 2. The maximum Gasteiger partial charge on any atom is 1.00 e. The number of aliphatic carboxylic acids is 1. The number of hydrogen-bond acceptors (Lipinski definition) is 12. The number of carboxylic acids is 1. The Morgan fingerprint density at radius 2 is 1.60 bits per heavy atom. The number of amides is 2. The molecule has 0 aliphatic heterocycles. The van der Waals surface area contributed by atoms with Crippen LogP contribution in [0.25, 0.3) is 11.2 Å². The molecule has 19 nitrogen and oxygen atoms in total. The number of nitrogens with two attached hydrogens (primary N) is 2. The van der Waals surface area contributed by atoms with Gasteiger partial charge in [0.25, 0.3) is 5.91 Å². The molecule has 0 fully saturated rings. The van der Waals surface area contributed by atoms with Gasteiger partial charge in [-0.15, -0.1) is 0 Å². The van der Waals surface area contributed by atoms with E-state index in [1.807, 2.05) is 4.90 Å². The molecule has 45 heavy (non-hydrogen) atoms. The van der Waals surface area contributed by atoms with Crippen LogP contribution in [0.5, 0.6) is 0 Å². The van der Waals surface area contributed by atoms with Crippen molar-refractivity contribution in [2.75, 3.05) is 30.0 Å². The first-order valence-electron chi connectivity index (χ1n) is 12.7. The van der Waals surface area contributed by atoms with Crippen molar-refractivity contribution in [2.45, 2.75) is 37.2 Å². The summed E-state index contributed by atoms with van der Waals surface area (Å²) < 4.78 is 22.6. The molecule has 3 rings (SSSR count). The molecule has 22 heteroatoms. The number of carbonyl (C=O) groups is 3. The van der Waals surface area contributed by atoms with E-state index < -0.39 is 63.8 Å². The predicted octanol–water partition coefficient (Wildman–Crippen LogP) is -3.62. The quantitative estimate of drug-likeness (QED) is 0.0587. The molecule has 3 aromatic rings. The predicted molar refractivity (Wildman–Crippen MR) is 156 cm³/mol. The molecule has 0 bridgehead atoms. The first-order chi connectivity index (χ1) is 20.5. The minimum absolute atomic E-state index is 0. The van der Waals surface area contributed by atoms with Crippen molar-refractivity contribution in [1.82, 2.24) is 30.6 Å². The summed E-state index contributed by atoms with van der Waals surface area (Å²) in [5.41, 5.74) is 13.4. The number of nitrogens with zero attached hydrogens (tertiary/aromatic N) is 5. The third-order valence-corrected chi connectivity index (χ3v) is 10.1. The van der Waals surface area contributed by atoms with E-state index in [-0.39, 0.29) is 59.0 Å². The monoisotopic (exact) mass is 678 g/mol. The topological polar surface area (TPSA) is 317 Å². The van der Waals surface area contributed by atoms with Crippen LogP contribution in [-0.2, 0) is 25.3 Å². The normalized spacial score (nSPS) is 12.3. The van der Waals surface area contributed by atoms with E-state index in [1.165, 1.54) is 18.3 Å². The Morgan fingerprint density at radius 3 is 2.18 bits per heavy atom. The van der Waals surface area contributed by atoms with Gasteiger partial charge in [-0.1, -0.05) is 0 Å². The molecule has 0 saturated carbocycles. The fraction of sp³-hybridized carbons (Fsp3) is 0.348. The van der Waals surface area contributed by atoms with Crippen LogP contribution in [0.4, 0.5) is 17.5 Å². The zero-order valence-electron chi connectivity index (χ0n) is 24.1. The molecule has 1 aromatic carbocycles.